The molecule has 1 atom stereocenters. The van der Waals surface area contributed by atoms with Crippen LogP contribution in [-0.4, -0.2) is 37.2 Å². The van der Waals surface area contributed by atoms with Gasteiger partial charge in [0.25, 0.3) is 0 Å². The fourth-order valence-corrected chi connectivity index (χ4v) is 6.71. The molecule has 0 aromatic rings. The Morgan fingerprint density at radius 2 is 0.535 bits per heavy atom. The van der Waals surface area contributed by atoms with Crippen LogP contribution >= 0.6 is 0 Å². The number of esters is 3. The largest absolute Gasteiger partial charge is 0.462 e. The number of unbranched alkanes of at least 4 members (excludes halogenated alkanes) is 8. The van der Waals surface area contributed by atoms with Crippen LogP contribution in [0.1, 0.15) is 201 Å². The van der Waals surface area contributed by atoms with Gasteiger partial charge in [-0.1, -0.05) is 229 Å². The molecule has 1 unspecified atom stereocenters. The molecule has 0 aromatic carbocycles. The number of carbonyl (C=O) groups excluding carboxylic acids is 3. The Morgan fingerprint density at radius 3 is 0.873 bits per heavy atom. The molecule has 0 aliphatic rings. The van der Waals surface area contributed by atoms with Crippen LogP contribution in [0, 0.1) is 0 Å². The number of hydrogen-bond acceptors (Lipinski definition) is 6. The van der Waals surface area contributed by atoms with Crippen LogP contribution in [0.5, 0.6) is 0 Å². The van der Waals surface area contributed by atoms with Gasteiger partial charge in [0.15, 0.2) is 6.10 Å². The molecule has 6 nitrogen and oxygen atoms in total. The average Bonchev–Trinajstić information content (AvgIpc) is 3.37. The van der Waals surface area contributed by atoms with Gasteiger partial charge in [-0.15, -0.1) is 0 Å². The Balaban J connectivity index is 4.44. The van der Waals surface area contributed by atoms with E-state index in [1.54, 1.807) is 0 Å². The monoisotopic (exact) mass is 975 g/mol. The predicted molar refractivity (Wildman–Crippen MR) is 306 cm³/mol. The van der Waals surface area contributed by atoms with Crippen molar-refractivity contribution in [2.75, 3.05) is 13.2 Å². The normalized spacial score (nSPS) is 13.5. The summed E-state index contributed by atoms with van der Waals surface area (Å²) in [6, 6.07) is 0. The molecule has 0 N–H and O–H groups in total. The van der Waals surface area contributed by atoms with Crippen molar-refractivity contribution in [2.45, 2.75) is 207 Å². The predicted octanol–water partition coefficient (Wildman–Crippen LogP) is 18.8. The lowest BCUT2D eigenvalue weighted by atomic mass is 10.1. The van der Waals surface area contributed by atoms with E-state index in [0.29, 0.717) is 19.3 Å². The van der Waals surface area contributed by atoms with Crippen molar-refractivity contribution in [1.29, 1.82) is 0 Å². The van der Waals surface area contributed by atoms with E-state index in [2.05, 4.69) is 167 Å². The first kappa shape index (κ1) is 65.8. The highest BCUT2D eigenvalue weighted by Crippen LogP contribution is 2.12. The van der Waals surface area contributed by atoms with E-state index in [9.17, 15) is 14.4 Å². The molecule has 71 heavy (non-hydrogen) atoms. The first-order valence-electron chi connectivity index (χ1n) is 27.6. The summed E-state index contributed by atoms with van der Waals surface area (Å²) in [5.41, 5.74) is 0. The van der Waals surface area contributed by atoms with E-state index in [1.807, 2.05) is 24.3 Å². The third-order valence-corrected chi connectivity index (χ3v) is 10.7. The minimum Gasteiger partial charge on any atom is -0.462 e. The van der Waals surface area contributed by atoms with Gasteiger partial charge in [0.05, 0.1) is 0 Å². The third kappa shape index (κ3) is 55.6. The van der Waals surface area contributed by atoms with Crippen molar-refractivity contribution in [3.8, 4) is 0 Å². The highest BCUT2D eigenvalue weighted by Gasteiger charge is 2.19. The van der Waals surface area contributed by atoms with Crippen LogP contribution in [0.25, 0.3) is 0 Å². The zero-order chi connectivity index (χ0) is 51.4. The molecule has 0 bridgehead atoms. The SMILES string of the molecule is CC/C=C\C/C=C\C/C=C\C/C=C\C/C=C\C/C=C\CCCCCCCCCCC(=O)OCC(COC(=O)CC/C=C\C/C=C\C/C=C\C/C=C\CC)OC(=O)CC/C=C\C/C=C\C/C=C\C/C=C\CC. The molecule has 0 spiro atoms. The number of hydrogen-bond donors (Lipinski definition) is 0. The summed E-state index contributed by atoms with van der Waals surface area (Å²) in [4.78, 5) is 38.0. The molecule has 0 radical (unpaired) electrons. The van der Waals surface area contributed by atoms with Crippen LogP contribution in [0.3, 0.4) is 0 Å². The van der Waals surface area contributed by atoms with Crippen molar-refractivity contribution < 1.29 is 28.6 Å². The number of carbonyl (C=O) groups is 3. The Kier molecular flexibility index (Phi) is 53.1. The van der Waals surface area contributed by atoms with E-state index in [4.69, 9.17) is 14.2 Å². The van der Waals surface area contributed by atoms with Crippen molar-refractivity contribution >= 4 is 17.9 Å². The molecule has 0 aliphatic carbocycles. The minimum atomic E-state index is -0.857. The quantitative estimate of drug-likeness (QED) is 0.0262. The summed E-state index contributed by atoms with van der Waals surface area (Å²) in [7, 11) is 0. The smallest absolute Gasteiger partial charge is 0.306 e. The maximum Gasteiger partial charge on any atom is 0.306 e. The zero-order valence-corrected chi connectivity index (χ0v) is 44.9. The lowest BCUT2D eigenvalue weighted by Gasteiger charge is -2.18. The summed E-state index contributed by atoms with van der Waals surface area (Å²) in [6.45, 7) is 6.13. The zero-order valence-electron chi connectivity index (χ0n) is 44.9. The topological polar surface area (TPSA) is 78.9 Å². The van der Waals surface area contributed by atoms with Crippen LogP contribution in [0.4, 0.5) is 0 Å². The first-order valence-corrected chi connectivity index (χ1v) is 27.6. The van der Waals surface area contributed by atoms with Gasteiger partial charge in [-0.25, -0.2) is 0 Å². The number of allylic oxidation sites excluding steroid dienone is 28. The van der Waals surface area contributed by atoms with Crippen LogP contribution in [0.15, 0.2) is 170 Å². The van der Waals surface area contributed by atoms with E-state index in [-0.39, 0.29) is 38.0 Å². The maximum absolute atomic E-state index is 12.8. The molecule has 394 valence electrons. The van der Waals surface area contributed by atoms with Gasteiger partial charge in [-0.2, -0.15) is 0 Å². The van der Waals surface area contributed by atoms with E-state index in [1.165, 1.54) is 32.1 Å². The fraction of sp³-hybridized carbons (Fsp3) is 0.523. The molecular formula is C65H98O6. The van der Waals surface area contributed by atoms with Crippen LogP contribution < -0.4 is 0 Å². The van der Waals surface area contributed by atoms with Gasteiger partial charge < -0.3 is 14.2 Å². The summed E-state index contributed by atoms with van der Waals surface area (Å²) < 4.78 is 16.6. The molecule has 0 heterocycles. The van der Waals surface area contributed by atoms with E-state index >= 15 is 0 Å². The molecule has 0 saturated carbocycles. The molecule has 0 saturated heterocycles. The van der Waals surface area contributed by atoms with Crippen molar-refractivity contribution in [3.63, 3.8) is 0 Å². The second-order valence-corrected chi connectivity index (χ2v) is 17.3. The second kappa shape index (κ2) is 57.3. The standard InChI is InChI=1S/C65H98O6/c1-4-7-10-13-16-19-22-25-26-27-28-29-30-31-32-33-34-35-36-37-38-41-43-46-49-52-55-58-64(67)70-61-62(71-65(68)59-56-53-50-47-44-40-24-21-18-15-12-9-6-3)60-69-63(66)57-54-51-48-45-42-39-23-20-17-14-11-8-5-2/h7-12,16-21,25-26,28-29,31-32,34-35,39-40,42,44,48,50-51,53,62H,4-6,13-15,22-24,27,30,33,36-38,41,43,45-47,49,52,54-61H2,1-3H3/b10-7-,11-8-,12-9-,19-16-,20-17-,21-18-,26-25-,29-28-,32-31-,35-34-,42-39-,44-40-,51-48-,53-50-. The summed E-state index contributed by atoms with van der Waals surface area (Å²) in [5.74, 6) is -1.13. The molecule has 0 amide bonds. The van der Waals surface area contributed by atoms with Crippen LogP contribution in [-0.2, 0) is 28.6 Å². The van der Waals surface area contributed by atoms with Gasteiger partial charge in [-0.05, 0) is 122 Å². The van der Waals surface area contributed by atoms with Gasteiger partial charge in [0, 0.05) is 19.3 Å². The molecule has 0 aromatic heterocycles. The lowest BCUT2D eigenvalue weighted by molar-refractivity contribution is -0.166. The van der Waals surface area contributed by atoms with Gasteiger partial charge >= 0.3 is 17.9 Å². The number of rotatable bonds is 47. The van der Waals surface area contributed by atoms with Crippen molar-refractivity contribution in [3.05, 3.63) is 170 Å². The molecular weight excluding hydrogens is 877 g/mol. The van der Waals surface area contributed by atoms with Gasteiger partial charge in [0.1, 0.15) is 13.2 Å². The third-order valence-electron chi connectivity index (χ3n) is 10.7. The Bertz CT molecular complexity index is 1690. The Morgan fingerprint density at radius 1 is 0.282 bits per heavy atom. The molecule has 6 heteroatoms. The average molecular weight is 975 g/mol. The van der Waals surface area contributed by atoms with E-state index < -0.39 is 12.1 Å². The highest BCUT2D eigenvalue weighted by atomic mass is 16.6. The van der Waals surface area contributed by atoms with Gasteiger partial charge in [-0.3, -0.25) is 14.4 Å². The minimum absolute atomic E-state index is 0.142. The lowest BCUT2D eigenvalue weighted by Crippen LogP contribution is -2.30. The molecule has 0 aliphatic heterocycles. The number of ether oxygens (including phenoxy) is 3. The van der Waals surface area contributed by atoms with Crippen LogP contribution in [0.2, 0.25) is 0 Å². The van der Waals surface area contributed by atoms with Crippen molar-refractivity contribution in [2.24, 2.45) is 0 Å². The fourth-order valence-electron chi connectivity index (χ4n) is 6.71. The maximum atomic E-state index is 12.8. The Hall–Kier alpha value is -5.23. The van der Waals surface area contributed by atoms with Gasteiger partial charge in [0.2, 0.25) is 0 Å². The summed E-state index contributed by atoms with van der Waals surface area (Å²) >= 11 is 0. The Labute approximate surface area is 434 Å². The second-order valence-electron chi connectivity index (χ2n) is 17.3. The summed E-state index contributed by atoms with van der Waals surface area (Å²) in [6.07, 6.45) is 85.2. The summed E-state index contributed by atoms with van der Waals surface area (Å²) in [5, 5.41) is 0. The molecule has 0 rings (SSSR count). The van der Waals surface area contributed by atoms with E-state index in [0.717, 1.165) is 116 Å². The molecule has 0 fully saturated rings. The first-order chi connectivity index (χ1) is 35.0. The van der Waals surface area contributed by atoms with Crippen molar-refractivity contribution in [1.82, 2.24) is 0 Å². The highest BCUT2D eigenvalue weighted by molar-refractivity contribution is 5.71.